The van der Waals surface area contributed by atoms with Crippen molar-refractivity contribution in [3.8, 4) is 0 Å². The fourth-order valence-corrected chi connectivity index (χ4v) is 3.86. The lowest BCUT2D eigenvalue weighted by atomic mass is 10.1. The van der Waals surface area contributed by atoms with E-state index in [2.05, 4.69) is 61.3 Å². The lowest BCUT2D eigenvalue weighted by molar-refractivity contribution is -0.914. The number of carbonyl (C=O) groups excluding carboxylic acids is 1. The van der Waals surface area contributed by atoms with Crippen LogP contribution in [0.5, 0.6) is 0 Å². The number of hydrogen-bond acceptors (Lipinski definition) is 2. The monoisotopic (exact) mass is 366 g/mol. The van der Waals surface area contributed by atoms with Gasteiger partial charge in [-0.05, 0) is 49.9 Å². The lowest BCUT2D eigenvalue weighted by Crippen LogP contribution is -3.19. The largest absolute Gasteiger partial charge is 0.360 e. The summed E-state index contributed by atoms with van der Waals surface area (Å²) in [5.41, 5.74) is 5.31. The number of nitrogens with zero attached hydrogens (tertiary/aromatic N) is 1. The fourth-order valence-electron chi connectivity index (χ4n) is 3.86. The number of nitrogens with one attached hydrogen (secondary N) is 2. The van der Waals surface area contributed by atoms with E-state index < -0.39 is 0 Å². The number of hydrogen-bond donors (Lipinski definition) is 2. The molecular weight excluding hydrogens is 334 g/mol. The Balaban J connectivity index is 1.47. The van der Waals surface area contributed by atoms with Gasteiger partial charge in [0, 0.05) is 12.2 Å². The standard InChI is InChI=1S/C23H31N3O/c1-18-8-7-11-22(19(18)2)26-16-14-25(15-17-26)20(3)23(27)24-13-12-21-9-5-4-6-10-21/h4-11,20H,12-17H2,1-3H3,(H,24,27)/p+1/t20-/m1/s1. The molecule has 0 saturated carbocycles. The van der Waals surface area contributed by atoms with Crippen LogP contribution >= 0.6 is 0 Å². The van der Waals surface area contributed by atoms with E-state index in [1.165, 1.54) is 27.3 Å². The zero-order valence-electron chi connectivity index (χ0n) is 16.8. The van der Waals surface area contributed by atoms with E-state index in [0.717, 1.165) is 32.6 Å². The lowest BCUT2D eigenvalue weighted by Gasteiger charge is -2.36. The van der Waals surface area contributed by atoms with Gasteiger partial charge in [-0.25, -0.2) is 0 Å². The second-order valence-electron chi connectivity index (χ2n) is 7.61. The molecule has 0 aliphatic carbocycles. The SMILES string of the molecule is Cc1cccc(N2CC[NH+]([C@H](C)C(=O)NCCc3ccccc3)CC2)c1C. The fraction of sp³-hybridized carbons (Fsp3) is 0.435. The van der Waals surface area contributed by atoms with Gasteiger partial charge >= 0.3 is 0 Å². The molecule has 2 N–H and O–H groups in total. The quantitative estimate of drug-likeness (QED) is 0.817. The van der Waals surface area contributed by atoms with E-state index in [1.807, 2.05) is 18.2 Å². The average Bonchev–Trinajstić information content (AvgIpc) is 2.70. The molecule has 1 fully saturated rings. The number of aryl methyl sites for hydroxylation is 1. The summed E-state index contributed by atoms with van der Waals surface area (Å²) in [5.74, 6) is 0.168. The maximum absolute atomic E-state index is 12.5. The van der Waals surface area contributed by atoms with E-state index in [-0.39, 0.29) is 11.9 Å². The van der Waals surface area contributed by atoms with Gasteiger partial charge in [0.1, 0.15) is 0 Å². The Bertz CT molecular complexity index is 751. The number of quaternary nitrogens is 1. The molecule has 0 aromatic heterocycles. The van der Waals surface area contributed by atoms with E-state index in [4.69, 9.17) is 0 Å². The highest BCUT2D eigenvalue weighted by Crippen LogP contribution is 2.22. The number of anilines is 1. The Morgan fingerprint density at radius 2 is 1.78 bits per heavy atom. The summed E-state index contributed by atoms with van der Waals surface area (Å²) >= 11 is 0. The molecule has 1 aliphatic heterocycles. The van der Waals surface area contributed by atoms with Crippen molar-refractivity contribution in [3.05, 3.63) is 65.2 Å². The van der Waals surface area contributed by atoms with Gasteiger partial charge in [0.05, 0.1) is 26.2 Å². The van der Waals surface area contributed by atoms with Crippen molar-refractivity contribution in [2.45, 2.75) is 33.2 Å². The molecule has 0 radical (unpaired) electrons. The van der Waals surface area contributed by atoms with Crippen LogP contribution in [0, 0.1) is 13.8 Å². The van der Waals surface area contributed by atoms with Crippen LogP contribution in [0.25, 0.3) is 0 Å². The smallest absolute Gasteiger partial charge is 0.278 e. The van der Waals surface area contributed by atoms with Crippen molar-refractivity contribution in [2.75, 3.05) is 37.6 Å². The normalized spacial score (nSPS) is 16.2. The number of piperazine rings is 1. The number of carbonyl (C=O) groups is 1. The van der Waals surface area contributed by atoms with E-state index in [1.54, 1.807) is 0 Å². The third-order valence-electron chi connectivity index (χ3n) is 5.88. The van der Waals surface area contributed by atoms with E-state index >= 15 is 0 Å². The van der Waals surface area contributed by atoms with Gasteiger partial charge in [0.2, 0.25) is 0 Å². The molecule has 4 heteroatoms. The van der Waals surface area contributed by atoms with Gasteiger partial charge in [-0.2, -0.15) is 0 Å². The van der Waals surface area contributed by atoms with Gasteiger partial charge in [-0.3, -0.25) is 4.79 Å². The Labute approximate surface area is 163 Å². The van der Waals surface area contributed by atoms with Gasteiger partial charge in [-0.1, -0.05) is 42.5 Å². The molecule has 1 aliphatic rings. The molecule has 144 valence electrons. The van der Waals surface area contributed by atoms with Crippen LogP contribution in [-0.2, 0) is 11.2 Å². The first-order valence-electron chi connectivity index (χ1n) is 10.0. The van der Waals surface area contributed by atoms with Gasteiger partial charge in [-0.15, -0.1) is 0 Å². The second-order valence-corrected chi connectivity index (χ2v) is 7.61. The highest BCUT2D eigenvalue weighted by atomic mass is 16.2. The van der Waals surface area contributed by atoms with Crippen LogP contribution in [0.15, 0.2) is 48.5 Å². The van der Waals surface area contributed by atoms with Crippen molar-refractivity contribution < 1.29 is 9.69 Å². The van der Waals surface area contributed by atoms with E-state index in [0.29, 0.717) is 6.54 Å². The summed E-state index contributed by atoms with van der Waals surface area (Å²) < 4.78 is 0. The summed E-state index contributed by atoms with van der Waals surface area (Å²) in [5, 5.41) is 3.11. The van der Waals surface area contributed by atoms with Crippen molar-refractivity contribution in [3.63, 3.8) is 0 Å². The molecule has 1 atom stereocenters. The maximum Gasteiger partial charge on any atom is 0.278 e. The molecule has 1 saturated heterocycles. The summed E-state index contributed by atoms with van der Waals surface area (Å²) in [6, 6.07) is 16.8. The average molecular weight is 367 g/mol. The van der Waals surface area contributed by atoms with Gasteiger partial charge in [0.25, 0.3) is 5.91 Å². The molecule has 0 bridgehead atoms. The maximum atomic E-state index is 12.5. The predicted octanol–water partition coefficient (Wildman–Crippen LogP) is 1.76. The number of benzene rings is 2. The second kappa shape index (κ2) is 9.05. The summed E-state index contributed by atoms with van der Waals surface area (Å²) in [4.78, 5) is 16.4. The zero-order valence-corrected chi connectivity index (χ0v) is 16.8. The first-order valence-corrected chi connectivity index (χ1v) is 10.0. The van der Waals surface area contributed by atoms with Crippen LogP contribution < -0.4 is 15.1 Å². The number of rotatable bonds is 6. The van der Waals surface area contributed by atoms with Crippen LogP contribution in [0.1, 0.15) is 23.6 Å². The molecule has 1 heterocycles. The third kappa shape index (κ3) is 4.89. The number of amides is 1. The highest BCUT2D eigenvalue weighted by Gasteiger charge is 2.29. The van der Waals surface area contributed by atoms with Crippen LogP contribution in [-0.4, -0.2) is 44.7 Å². The van der Waals surface area contributed by atoms with Crippen LogP contribution in [0.3, 0.4) is 0 Å². The Morgan fingerprint density at radius 1 is 1.07 bits per heavy atom. The molecule has 0 unspecified atom stereocenters. The van der Waals surface area contributed by atoms with Crippen molar-refractivity contribution in [2.24, 2.45) is 0 Å². The van der Waals surface area contributed by atoms with Crippen LogP contribution in [0.4, 0.5) is 5.69 Å². The first-order chi connectivity index (χ1) is 13.1. The molecular formula is C23H32N3O+. The predicted molar refractivity (Wildman–Crippen MR) is 111 cm³/mol. The minimum absolute atomic E-state index is 0.00142. The van der Waals surface area contributed by atoms with E-state index in [9.17, 15) is 4.79 Å². The summed E-state index contributed by atoms with van der Waals surface area (Å²) in [6.07, 6.45) is 0.884. The molecule has 27 heavy (non-hydrogen) atoms. The first kappa shape index (κ1) is 19.4. The minimum atomic E-state index is 0.00142. The van der Waals surface area contributed by atoms with Crippen LogP contribution in [0.2, 0.25) is 0 Å². The highest BCUT2D eigenvalue weighted by molar-refractivity contribution is 5.79. The van der Waals surface area contributed by atoms with Gasteiger partial charge < -0.3 is 15.1 Å². The molecule has 0 spiro atoms. The zero-order chi connectivity index (χ0) is 19.2. The molecule has 4 nitrogen and oxygen atoms in total. The Morgan fingerprint density at radius 3 is 2.48 bits per heavy atom. The summed E-state index contributed by atoms with van der Waals surface area (Å²) in [7, 11) is 0. The van der Waals surface area contributed by atoms with Crippen molar-refractivity contribution in [1.29, 1.82) is 0 Å². The summed E-state index contributed by atoms with van der Waals surface area (Å²) in [6.45, 7) is 11.1. The molecule has 3 rings (SSSR count). The van der Waals surface area contributed by atoms with Crippen molar-refractivity contribution >= 4 is 11.6 Å². The van der Waals surface area contributed by atoms with Crippen molar-refractivity contribution in [1.82, 2.24) is 5.32 Å². The minimum Gasteiger partial charge on any atom is -0.360 e. The topological polar surface area (TPSA) is 36.8 Å². The molecule has 2 aromatic carbocycles. The third-order valence-corrected chi connectivity index (χ3v) is 5.88. The molecule has 1 amide bonds. The molecule has 2 aromatic rings. The Kier molecular flexibility index (Phi) is 6.51. The Hall–Kier alpha value is -2.33. The van der Waals surface area contributed by atoms with Gasteiger partial charge in [0.15, 0.2) is 6.04 Å².